The van der Waals surface area contributed by atoms with Crippen molar-refractivity contribution < 1.29 is 14.6 Å². The normalized spacial score (nSPS) is 12.2. The second-order valence-electron chi connectivity index (χ2n) is 4.53. The van der Waals surface area contributed by atoms with Crippen LogP contribution in [0.1, 0.15) is 30.7 Å². The van der Waals surface area contributed by atoms with Crippen molar-refractivity contribution in [3.63, 3.8) is 0 Å². The zero-order chi connectivity index (χ0) is 14.4. The summed E-state index contributed by atoms with van der Waals surface area (Å²) in [4.78, 5) is 4.20. The van der Waals surface area contributed by atoms with E-state index in [1.807, 2.05) is 37.3 Å². The van der Waals surface area contributed by atoms with E-state index in [4.69, 9.17) is 9.47 Å². The summed E-state index contributed by atoms with van der Waals surface area (Å²) in [6.45, 7) is 2.47. The molecule has 4 heteroatoms. The molecule has 2 rings (SSSR count). The predicted molar refractivity (Wildman–Crippen MR) is 76.7 cm³/mol. The van der Waals surface area contributed by atoms with Gasteiger partial charge >= 0.3 is 0 Å². The predicted octanol–water partition coefficient (Wildman–Crippen LogP) is 3.46. The Bertz CT molecular complexity index is 540. The summed E-state index contributed by atoms with van der Waals surface area (Å²) in [5, 5.41) is 9.69. The first kappa shape index (κ1) is 14.5. The number of aliphatic hydroxyl groups excluding tert-OH is 1. The van der Waals surface area contributed by atoms with Crippen molar-refractivity contribution in [3.8, 4) is 11.5 Å². The number of ether oxygens (including phenoxy) is 2. The minimum atomic E-state index is -0.519. The number of aliphatic hydroxyl groups is 1. The van der Waals surface area contributed by atoms with Gasteiger partial charge < -0.3 is 14.6 Å². The molecule has 2 aromatic rings. The summed E-state index contributed by atoms with van der Waals surface area (Å²) in [7, 11) is 1.66. The Labute approximate surface area is 119 Å². The van der Waals surface area contributed by atoms with Crippen LogP contribution in [0.25, 0.3) is 0 Å². The minimum absolute atomic E-state index is 0.519. The van der Waals surface area contributed by atoms with E-state index in [0.717, 1.165) is 11.3 Å². The third-order valence-corrected chi connectivity index (χ3v) is 2.93. The molecule has 0 fully saturated rings. The van der Waals surface area contributed by atoms with Gasteiger partial charge in [0.1, 0.15) is 11.5 Å². The third kappa shape index (κ3) is 3.79. The molecule has 1 aromatic heterocycles. The molecular weight excluding hydrogens is 254 g/mol. The van der Waals surface area contributed by atoms with Crippen molar-refractivity contribution in [1.29, 1.82) is 0 Å². The van der Waals surface area contributed by atoms with Crippen molar-refractivity contribution >= 4 is 0 Å². The molecule has 1 heterocycles. The first-order valence-corrected chi connectivity index (χ1v) is 6.62. The highest BCUT2D eigenvalue weighted by molar-refractivity contribution is 5.33. The van der Waals surface area contributed by atoms with E-state index in [2.05, 4.69) is 4.98 Å². The molecule has 1 N–H and O–H groups in total. The SMILES string of the molecule is CC[C@H](O)c1ccc(Oc2cccc(COC)c2)cn1. The van der Waals surface area contributed by atoms with Gasteiger partial charge in [-0.3, -0.25) is 4.98 Å². The lowest BCUT2D eigenvalue weighted by molar-refractivity contribution is 0.169. The Kier molecular flexibility index (Phi) is 5.09. The average Bonchev–Trinajstić information content (AvgIpc) is 2.48. The number of rotatable bonds is 6. The molecule has 20 heavy (non-hydrogen) atoms. The van der Waals surface area contributed by atoms with Crippen molar-refractivity contribution in [2.75, 3.05) is 7.11 Å². The van der Waals surface area contributed by atoms with E-state index in [1.54, 1.807) is 19.4 Å². The highest BCUT2D eigenvalue weighted by atomic mass is 16.5. The Morgan fingerprint density at radius 3 is 2.70 bits per heavy atom. The Morgan fingerprint density at radius 1 is 1.20 bits per heavy atom. The fourth-order valence-corrected chi connectivity index (χ4v) is 1.86. The van der Waals surface area contributed by atoms with Crippen LogP contribution in [0.2, 0.25) is 0 Å². The fraction of sp³-hybridized carbons (Fsp3) is 0.312. The van der Waals surface area contributed by atoms with Gasteiger partial charge in [0.05, 0.1) is 24.6 Å². The minimum Gasteiger partial charge on any atom is -0.456 e. The maximum Gasteiger partial charge on any atom is 0.145 e. The smallest absolute Gasteiger partial charge is 0.145 e. The Hall–Kier alpha value is -1.91. The lowest BCUT2D eigenvalue weighted by Crippen LogP contribution is -1.98. The number of benzene rings is 1. The maximum absolute atomic E-state index is 9.69. The first-order valence-electron chi connectivity index (χ1n) is 6.62. The zero-order valence-corrected chi connectivity index (χ0v) is 11.7. The number of aromatic nitrogens is 1. The molecule has 0 bridgehead atoms. The third-order valence-electron chi connectivity index (χ3n) is 2.93. The van der Waals surface area contributed by atoms with Crippen LogP contribution >= 0.6 is 0 Å². The van der Waals surface area contributed by atoms with Crippen molar-refractivity contribution in [3.05, 3.63) is 53.9 Å². The van der Waals surface area contributed by atoms with Gasteiger partial charge in [0.2, 0.25) is 0 Å². The molecule has 0 saturated carbocycles. The summed E-state index contributed by atoms with van der Waals surface area (Å²) in [5.74, 6) is 1.39. The fourth-order valence-electron chi connectivity index (χ4n) is 1.86. The molecule has 1 atom stereocenters. The number of hydrogen-bond donors (Lipinski definition) is 1. The van der Waals surface area contributed by atoms with Gasteiger partial charge in [-0.1, -0.05) is 19.1 Å². The van der Waals surface area contributed by atoms with Crippen molar-refractivity contribution in [2.45, 2.75) is 26.1 Å². The van der Waals surface area contributed by atoms with Crippen LogP contribution in [-0.4, -0.2) is 17.2 Å². The van der Waals surface area contributed by atoms with Crippen LogP contribution in [0.3, 0.4) is 0 Å². The van der Waals surface area contributed by atoms with Gasteiger partial charge in [0, 0.05) is 7.11 Å². The van der Waals surface area contributed by atoms with Crippen LogP contribution in [0.15, 0.2) is 42.6 Å². The van der Waals surface area contributed by atoms with E-state index < -0.39 is 6.10 Å². The molecule has 1 aromatic carbocycles. The molecule has 0 amide bonds. The molecule has 106 valence electrons. The number of pyridine rings is 1. The van der Waals surface area contributed by atoms with E-state index in [-0.39, 0.29) is 0 Å². The number of methoxy groups -OCH3 is 1. The van der Waals surface area contributed by atoms with E-state index in [9.17, 15) is 5.11 Å². The van der Waals surface area contributed by atoms with Gasteiger partial charge in [-0.2, -0.15) is 0 Å². The molecular formula is C16H19NO3. The quantitative estimate of drug-likeness (QED) is 0.875. The van der Waals surface area contributed by atoms with Gasteiger partial charge in [-0.15, -0.1) is 0 Å². The molecule has 0 aliphatic carbocycles. The lowest BCUT2D eigenvalue weighted by Gasteiger charge is -2.09. The highest BCUT2D eigenvalue weighted by Gasteiger charge is 2.06. The summed E-state index contributed by atoms with van der Waals surface area (Å²) < 4.78 is 10.8. The second kappa shape index (κ2) is 7.03. The Morgan fingerprint density at radius 2 is 2.05 bits per heavy atom. The largest absolute Gasteiger partial charge is 0.456 e. The first-order chi connectivity index (χ1) is 9.72. The number of nitrogens with zero attached hydrogens (tertiary/aromatic N) is 1. The standard InChI is InChI=1S/C16H19NO3/c1-3-16(18)15-8-7-14(10-17-15)20-13-6-4-5-12(9-13)11-19-2/h4-10,16,18H,3,11H2,1-2H3/t16-/m0/s1. The van der Waals surface area contributed by atoms with E-state index in [1.165, 1.54) is 0 Å². The molecule has 0 aliphatic rings. The molecule has 0 unspecified atom stereocenters. The van der Waals surface area contributed by atoms with Crippen LogP contribution in [0, 0.1) is 0 Å². The summed E-state index contributed by atoms with van der Waals surface area (Å²) in [6, 6.07) is 11.3. The lowest BCUT2D eigenvalue weighted by atomic mass is 10.2. The monoisotopic (exact) mass is 273 g/mol. The molecule has 0 aliphatic heterocycles. The van der Waals surface area contributed by atoms with Crippen LogP contribution in [0.5, 0.6) is 11.5 Å². The average molecular weight is 273 g/mol. The molecule has 4 nitrogen and oxygen atoms in total. The summed E-state index contributed by atoms with van der Waals surface area (Å²) in [6.07, 6.45) is 1.75. The van der Waals surface area contributed by atoms with Crippen molar-refractivity contribution in [2.24, 2.45) is 0 Å². The van der Waals surface area contributed by atoms with Gasteiger partial charge in [-0.25, -0.2) is 0 Å². The summed E-state index contributed by atoms with van der Waals surface area (Å²) in [5.41, 5.74) is 1.71. The van der Waals surface area contributed by atoms with Crippen LogP contribution in [0.4, 0.5) is 0 Å². The van der Waals surface area contributed by atoms with E-state index >= 15 is 0 Å². The van der Waals surface area contributed by atoms with E-state index in [0.29, 0.717) is 24.5 Å². The molecule has 0 spiro atoms. The van der Waals surface area contributed by atoms with Gasteiger partial charge in [-0.05, 0) is 36.2 Å². The van der Waals surface area contributed by atoms with Crippen LogP contribution < -0.4 is 4.74 Å². The Balaban J connectivity index is 2.08. The highest BCUT2D eigenvalue weighted by Crippen LogP contribution is 2.23. The molecule has 0 saturated heterocycles. The van der Waals surface area contributed by atoms with Crippen molar-refractivity contribution in [1.82, 2.24) is 4.98 Å². The summed E-state index contributed by atoms with van der Waals surface area (Å²) >= 11 is 0. The van der Waals surface area contributed by atoms with Crippen LogP contribution in [-0.2, 0) is 11.3 Å². The second-order valence-corrected chi connectivity index (χ2v) is 4.53. The topological polar surface area (TPSA) is 51.6 Å². The maximum atomic E-state index is 9.69. The van der Waals surface area contributed by atoms with Gasteiger partial charge in [0.25, 0.3) is 0 Å². The van der Waals surface area contributed by atoms with Gasteiger partial charge in [0.15, 0.2) is 0 Å². The zero-order valence-electron chi connectivity index (χ0n) is 11.7. The number of hydrogen-bond acceptors (Lipinski definition) is 4. The molecule has 0 radical (unpaired) electrons.